The van der Waals surface area contributed by atoms with Gasteiger partial charge in [0, 0.05) is 6.26 Å². The van der Waals surface area contributed by atoms with Crippen molar-refractivity contribution in [3.8, 4) is 0 Å². The first-order chi connectivity index (χ1) is 12.9. The largest absolute Gasteiger partial charge is 0.341 e. The highest BCUT2D eigenvalue weighted by atomic mass is 35.5. The molecule has 6 heteroatoms. The van der Waals surface area contributed by atoms with E-state index in [2.05, 4.69) is 5.32 Å². The van der Waals surface area contributed by atoms with E-state index in [9.17, 15) is 13.2 Å². The molecule has 0 aliphatic heterocycles. The van der Waals surface area contributed by atoms with Crippen molar-refractivity contribution >= 4 is 27.3 Å². The van der Waals surface area contributed by atoms with Crippen molar-refractivity contribution in [1.82, 2.24) is 5.32 Å². The molecule has 0 heterocycles. The van der Waals surface area contributed by atoms with Gasteiger partial charge in [0.25, 0.3) is 5.91 Å². The van der Waals surface area contributed by atoms with Crippen LogP contribution >= 0.6 is 11.6 Å². The van der Waals surface area contributed by atoms with Gasteiger partial charge in [0.1, 0.15) is 0 Å². The molecule has 1 amide bonds. The van der Waals surface area contributed by atoms with Crippen LogP contribution in [0.4, 0.5) is 0 Å². The molecule has 0 atom stereocenters. The Hall–Kier alpha value is -2.63. The fourth-order valence-corrected chi connectivity index (χ4v) is 3.62. The van der Waals surface area contributed by atoms with Gasteiger partial charge in [-0.2, -0.15) is 0 Å². The van der Waals surface area contributed by atoms with Gasteiger partial charge in [-0.25, -0.2) is 8.42 Å². The number of sulfone groups is 1. The summed E-state index contributed by atoms with van der Waals surface area (Å²) in [4.78, 5) is 13.0. The standard InChI is InChI=1S/C21H18ClNO3S/c1-27(25,26)17-12-13-19(22)18(14-17)21(24)23-20(15-8-4-2-5-9-15)16-10-6-3-7-11-16/h2-14,20H,1H3,(H,23,24). The van der Waals surface area contributed by atoms with Crippen molar-refractivity contribution in [2.24, 2.45) is 0 Å². The van der Waals surface area contributed by atoms with E-state index in [1.54, 1.807) is 0 Å². The molecule has 0 saturated carbocycles. The monoisotopic (exact) mass is 399 g/mol. The second kappa shape index (κ2) is 7.94. The Balaban J connectivity index is 1.99. The van der Waals surface area contributed by atoms with Crippen molar-refractivity contribution < 1.29 is 13.2 Å². The molecule has 0 fully saturated rings. The predicted molar refractivity (Wildman–Crippen MR) is 107 cm³/mol. The summed E-state index contributed by atoms with van der Waals surface area (Å²) in [5, 5.41) is 3.16. The van der Waals surface area contributed by atoms with Crippen LogP contribution < -0.4 is 5.32 Å². The number of hydrogen-bond acceptors (Lipinski definition) is 3. The highest BCUT2D eigenvalue weighted by Crippen LogP contribution is 2.25. The highest BCUT2D eigenvalue weighted by Gasteiger charge is 2.20. The fourth-order valence-electron chi connectivity index (χ4n) is 2.77. The van der Waals surface area contributed by atoms with E-state index < -0.39 is 21.8 Å². The summed E-state index contributed by atoms with van der Waals surface area (Å²) in [6.45, 7) is 0. The minimum atomic E-state index is -3.45. The van der Waals surface area contributed by atoms with Gasteiger partial charge < -0.3 is 5.32 Å². The van der Waals surface area contributed by atoms with Crippen LogP contribution in [0, 0.1) is 0 Å². The minimum Gasteiger partial charge on any atom is -0.341 e. The van der Waals surface area contributed by atoms with Gasteiger partial charge in [-0.15, -0.1) is 0 Å². The van der Waals surface area contributed by atoms with Crippen LogP contribution in [0.5, 0.6) is 0 Å². The van der Waals surface area contributed by atoms with E-state index >= 15 is 0 Å². The molecule has 3 rings (SSSR count). The molecule has 4 nitrogen and oxygen atoms in total. The summed E-state index contributed by atoms with van der Waals surface area (Å²) in [6.07, 6.45) is 1.09. The molecule has 3 aromatic carbocycles. The fraction of sp³-hybridized carbons (Fsp3) is 0.0952. The highest BCUT2D eigenvalue weighted by molar-refractivity contribution is 7.90. The average molecular weight is 400 g/mol. The Labute approximate surface area is 163 Å². The van der Waals surface area contributed by atoms with Crippen LogP contribution in [0.1, 0.15) is 27.5 Å². The zero-order valence-electron chi connectivity index (χ0n) is 14.6. The smallest absolute Gasteiger partial charge is 0.253 e. The maximum Gasteiger partial charge on any atom is 0.253 e. The van der Waals surface area contributed by atoms with Crippen LogP contribution in [-0.4, -0.2) is 20.6 Å². The predicted octanol–water partition coefficient (Wildman–Crippen LogP) is 4.26. The second-order valence-electron chi connectivity index (χ2n) is 6.14. The van der Waals surface area contributed by atoms with Crippen molar-refractivity contribution in [1.29, 1.82) is 0 Å². The van der Waals surface area contributed by atoms with Crippen molar-refractivity contribution in [2.45, 2.75) is 10.9 Å². The molecule has 1 N–H and O–H groups in total. The first-order valence-electron chi connectivity index (χ1n) is 8.26. The van der Waals surface area contributed by atoms with Crippen LogP contribution in [0.3, 0.4) is 0 Å². The van der Waals surface area contributed by atoms with Crippen LogP contribution in [-0.2, 0) is 9.84 Å². The van der Waals surface area contributed by atoms with Crippen molar-refractivity contribution in [3.63, 3.8) is 0 Å². The molecule has 0 unspecified atom stereocenters. The van der Waals surface area contributed by atoms with E-state index in [-0.39, 0.29) is 15.5 Å². The molecule has 3 aromatic rings. The molecular weight excluding hydrogens is 382 g/mol. The van der Waals surface area contributed by atoms with Crippen LogP contribution in [0.25, 0.3) is 0 Å². The second-order valence-corrected chi connectivity index (χ2v) is 8.56. The first kappa shape index (κ1) is 19.1. The lowest BCUT2D eigenvalue weighted by atomic mass is 9.98. The summed E-state index contributed by atoms with van der Waals surface area (Å²) < 4.78 is 23.6. The lowest BCUT2D eigenvalue weighted by Crippen LogP contribution is -2.29. The molecule has 0 radical (unpaired) electrons. The van der Waals surface area contributed by atoms with Gasteiger partial charge in [-0.3, -0.25) is 4.79 Å². The van der Waals surface area contributed by atoms with E-state index in [1.165, 1.54) is 18.2 Å². The Morgan fingerprint density at radius 3 is 1.89 bits per heavy atom. The third-order valence-corrected chi connectivity index (χ3v) is 5.59. The number of halogens is 1. The molecular formula is C21H18ClNO3S. The number of nitrogens with one attached hydrogen (secondary N) is 1. The Bertz CT molecular complexity index is 1010. The summed E-state index contributed by atoms with van der Waals surface area (Å²) >= 11 is 6.16. The van der Waals surface area contributed by atoms with Crippen LogP contribution in [0.15, 0.2) is 83.8 Å². The number of hydrogen-bond donors (Lipinski definition) is 1. The minimum absolute atomic E-state index is 0.0491. The zero-order chi connectivity index (χ0) is 19.4. The van der Waals surface area contributed by atoms with Gasteiger partial charge in [-0.1, -0.05) is 72.3 Å². The SMILES string of the molecule is CS(=O)(=O)c1ccc(Cl)c(C(=O)NC(c2ccccc2)c2ccccc2)c1. The molecule has 0 saturated heterocycles. The van der Waals surface area contributed by atoms with Gasteiger partial charge in [0.2, 0.25) is 0 Å². The third kappa shape index (κ3) is 4.56. The number of carbonyl (C=O) groups is 1. The van der Waals surface area contributed by atoms with E-state index in [1.807, 2.05) is 60.7 Å². The third-order valence-electron chi connectivity index (χ3n) is 4.15. The van der Waals surface area contributed by atoms with E-state index in [0.29, 0.717) is 0 Å². The number of carbonyl (C=O) groups excluding carboxylic acids is 1. The first-order valence-corrected chi connectivity index (χ1v) is 10.5. The summed E-state index contributed by atoms with van der Waals surface area (Å²) in [5.74, 6) is -0.441. The Morgan fingerprint density at radius 1 is 0.889 bits per heavy atom. The summed E-state index contributed by atoms with van der Waals surface area (Å²) in [7, 11) is -3.45. The normalized spacial score (nSPS) is 11.4. The molecule has 0 bridgehead atoms. The van der Waals surface area contributed by atoms with E-state index in [4.69, 9.17) is 11.6 Å². The molecule has 0 aliphatic rings. The Kier molecular flexibility index (Phi) is 5.63. The van der Waals surface area contributed by atoms with Gasteiger partial charge >= 0.3 is 0 Å². The van der Waals surface area contributed by atoms with Crippen molar-refractivity contribution in [3.05, 3.63) is 101 Å². The van der Waals surface area contributed by atoms with E-state index in [0.717, 1.165) is 17.4 Å². The molecule has 27 heavy (non-hydrogen) atoms. The van der Waals surface area contributed by atoms with Gasteiger partial charge in [0.15, 0.2) is 9.84 Å². The maximum absolute atomic E-state index is 12.9. The van der Waals surface area contributed by atoms with Crippen LogP contribution in [0.2, 0.25) is 5.02 Å². The van der Waals surface area contributed by atoms with Crippen molar-refractivity contribution in [2.75, 3.05) is 6.26 Å². The molecule has 138 valence electrons. The average Bonchev–Trinajstić information content (AvgIpc) is 2.66. The number of benzene rings is 3. The molecule has 0 aliphatic carbocycles. The topological polar surface area (TPSA) is 63.2 Å². The lowest BCUT2D eigenvalue weighted by Gasteiger charge is -2.20. The van der Waals surface area contributed by atoms with Gasteiger partial charge in [-0.05, 0) is 29.3 Å². The lowest BCUT2D eigenvalue weighted by molar-refractivity contribution is 0.0943. The molecule has 0 aromatic heterocycles. The number of rotatable bonds is 5. The summed E-state index contributed by atoms with van der Waals surface area (Å²) in [6, 6.07) is 22.8. The number of amides is 1. The quantitative estimate of drug-likeness (QED) is 0.697. The molecule has 0 spiro atoms. The summed E-state index contributed by atoms with van der Waals surface area (Å²) in [5.41, 5.74) is 1.94. The Morgan fingerprint density at radius 2 is 1.41 bits per heavy atom. The van der Waals surface area contributed by atoms with Gasteiger partial charge in [0.05, 0.1) is 21.5 Å². The zero-order valence-corrected chi connectivity index (χ0v) is 16.2. The maximum atomic E-state index is 12.9.